The average Bonchev–Trinajstić information content (AvgIpc) is 2.36. The van der Waals surface area contributed by atoms with Crippen molar-refractivity contribution in [2.24, 2.45) is 10.9 Å². The molecule has 2 heteroatoms. The zero-order valence-corrected chi connectivity index (χ0v) is 6.13. The highest BCUT2D eigenvalue weighted by molar-refractivity contribution is 5.79. The number of dihydropyridines is 1. The first-order chi connectivity index (χ1) is 4.88. The molecule has 0 aliphatic carbocycles. The molecule has 0 saturated carbocycles. The van der Waals surface area contributed by atoms with E-state index in [2.05, 4.69) is 11.9 Å². The van der Waals surface area contributed by atoms with Gasteiger partial charge < -0.3 is 4.74 Å². The smallest absolute Gasteiger partial charge is 0.105 e. The third-order valence-corrected chi connectivity index (χ3v) is 2.09. The van der Waals surface area contributed by atoms with Crippen LogP contribution in [0.4, 0.5) is 0 Å². The molecule has 0 aromatic rings. The summed E-state index contributed by atoms with van der Waals surface area (Å²) in [5.74, 6) is 1.79. The van der Waals surface area contributed by atoms with Crippen molar-refractivity contribution in [2.75, 3.05) is 13.2 Å². The van der Waals surface area contributed by atoms with Crippen molar-refractivity contribution in [2.45, 2.75) is 13.3 Å². The van der Waals surface area contributed by atoms with E-state index >= 15 is 0 Å². The number of nitrogens with zero attached hydrogens (tertiary/aromatic N) is 1. The maximum Gasteiger partial charge on any atom is 0.105 e. The lowest BCUT2D eigenvalue weighted by Gasteiger charge is -2.12. The van der Waals surface area contributed by atoms with Crippen molar-refractivity contribution >= 4 is 6.21 Å². The van der Waals surface area contributed by atoms with Crippen LogP contribution in [0.25, 0.3) is 0 Å². The first-order valence-electron chi connectivity index (χ1n) is 3.71. The van der Waals surface area contributed by atoms with Gasteiger partial charge in [0.1, 0.15) is 5.76 Å². The molecule has 0 radical (unpaired) electrons. The molecule has 0 bridgehead atoms. The van der Waals surface area contributed by atoms with E-state index in [1.165, 1.54) is 11.3 Å². The van der Waals surface area contributed by atoms with Crippen LogP contribution in [0.15, 0.2) is 16.3 Å². The molecule has 2 nitrogen and oxygen atoms in total. The standard InChI is InChI=1S/C8H11NO/c1-6-4-9-5-7-2-3-10-8(6)7/h4,7H,2-3,5H2,1H3. The fourth-order valence-electron chi connectivity index (χ4n) is 1.55. The van der Waals surface area contributed by atoms with Gasteiger partial charge in [0.05, 0.1) is 6.61 Å². The predicted molar refractivity (Wildman–Crippen MR) is 40.1 cm³/mol. The third-order valence-electron chi connectivity index (χ3n) is 2.09. The Labute approximate surface area is 60.6 Å². The molecule has 1 atom stereocenters. The number of hydrogen-bond acceptors (Lipinski definition) is 2. The molecule has 0 aromatic heterocycles. The zero-order valence-electron chi connectivity index (χ0n) is 6.13. The lowest BCUT2D eigenvalue weighted by atomic mass is 10.0. The Bertz CT molecular complexity index is 205. The molecule has 0 spiro atoms. The Kier molecular flexibility index (Phi) is 1.26. The number of hydrogen-bond donors (Lipinski definition) is 0. The highest BCUT2D eigenvalue weighted by Crippen LogP contribution is 2.29. The number of rotatable bonds is 0. The van der Waals surface area contributed by atoms with Crippen LogP contribution in [0.5, 0.6) is 0 Å². The maximum atomic E-state index is 5.46. The van der Waals surface area contributed by atoms with Gasteiger partial charge in [0, 0.05) is 24.3 Å². The van der Waals surface area contributed by atoms with Crippen molar-refractivity contribution in [3.05, 3.63) is 11.3 Å². The van der Waals surface area contributed by atoms with Gasteiger partial charge in [-0.2, -0.15) is 0 Å². The molecule has 2 heterocycles. The van der Waals surface area contributed by atoms with E-state index in [0.29, 0.717) is 5.92 Å². The summed E-state index contributed by atoms with van der Waals surface area (Å²) >= 11 is 0. The van der Waals surface area contributed by atoms with E-state index in [0.717, 1.165) is 19.6 Å². The Morgan fingerprint density at radius 2 is 2.60 bits per heavy atom. The summed E-state index contributed by atoms with van der Waals surface area (Å²) in [6, 6.07) is 0. The van der Waals surface area contributed by atoms with Crippen LogP contribution in [0.1, 0.15) is 13.3 Å². The molecular formula is C8H11NO. The van der Waals surface area contributed by atoms with Crippen LogP contribution in [0, 0.1) is 5.92 Å². The predicted octanol–water partition coefficient (Wildman–Crippen LogP) is 1.38. The molecule has 0 amide bonds. The van der Waals surface area contributed by atoms with Crippen molar-refractivity contribution in [1.82, 2.24) is 0 Å². The average molecular weight is 137 g/mol. The minimum atomic E-state index is 0.602. The zero-order chi connectivity index (χ0) is 6.97. The Balaban J connectivity index is 2.32. The van der Waals surface area contributed by atoms with E-state index in [1.54, 1.807) is 0 Å². The maximum absolute atomic E-state index is 5.46. The molecule has 1 fully saturated rings. The van der Waals surface area contributed by atoms with Crippen molar-refractivity contribution in [3.63, 3.8) is 0 Å². The van der Waals surface area contributed by atoms with Gasteiger partial charge >= 0.3 is 0 Å². The second-order valence-electron chi connectivity index (χ2n) is 2.88. The summed E-state index contributed by atoms with van der Waals surface area (Å²) in [5.41, 5.74) is 1.22. The summed E-state index contributed by atoms with van der Waals surface area (Å²) < 4.78 is 5.46. The monoisotopic (exact) mass is 137 g/mol. The van der Waals surface area contributed by atoms with Crippen LogP contribution in [0.3, 0.4) is 0 Å². The summed E-state index contributed by atoms with van der Waals surface area (Å²) in [7, 11) is 0. The van der Waals surface area contributed by atoms with Gasteiger partial charge in [0.25, 0.3) is 0 Å². The van der Waals surface area contributed by atoms with Gasteiger partial charge in [0.15, 0.2) is 0 Å². The van der Waals surface area contributed by atoms with E-state index in [-0.39, 0.29) is 0 Å². The van der Waals surface area contributed by atoms with Gasteiger partial charge in [0.2, 0.25) is 0 Å². The second-order valence-corrected chi connectivity index (χ2v) is 2.88. The molecular weight excluding hydrogens is 126 g/mol. The summed E-state index contributed by atoms with van der Waals surface area (Å²) in [6.45, 7) is 3.89. The van der Waals surface area contributed by atoms with Gasteiger partial charge in [-0.1, -0.05) is 0 Å². The third kappa shape index (κ3) is 0.753. The van der Waals surface area contributed by atoms with Crippen LogP contribution in [-0.4, -0.2) is 19.4 Å². The highest BCUT2D eigenvalue weighted by Gasteiger charge is 2.25. The summed E-state index contributed by atoms with van der Waals surface area (Å²) in [6.07, 6.45) is 3.07. The number of ether oxygens (including phenoxy) is 1. The molecule has 2 aliphatic heterocycles. The minimum absolute atomic E-state index is 0.602. The molecule has 1 saturated heterocycles. The minimum Gasteiger partial charge on any atom is -0.497 e. The van der Waals surface area contributed by atoms with Crippen LogP contribution < -0.4 is 0 Å². The second kappa shape index (κ2) is 2.11. The summed E-state index contributed by atoms with van der Waals surface area (Å²) in [4.78, 5) is 4.24. The number of allylic oxidation sites excluding steroid dienone is 1. The molecule has 2 rings (SSSR count). The largest absolute Gasteiger partial charge is 0.497 e. The van der Waals surface area contributed by atoms with E-state index in [9.17, 15) is 0 Å². The van der Waals surface area contributed by atoms with Gasteiger partial charge in [-0.05, 0) is 13.3 Å². The summed E-state index contributed by atoms with van der Waals surface area (Å²) in [5, 5.41) is 0. The molecule has 1 unspecified atom stereocenters. The SMILES string of the molecule is CC1=C2OCCC2CN=C1. The first-order valence-corrected chi connectivity index (χ1v) is 3.71. The topological polar surface area (TPSA) is 21.6 Å². The van der Waals surface area contributed by atoms with Crippen molar-refractivity contribution in [1.29, 1.82) is 0 Å². The first kappa shape index (κ1) is 5.96. The molecule has 10 heavy (non-hydrogen) atoms. The highest BCUT2D eigenvalue weighted by atomic mass is 16.5. The van der Waals surface area contributed by atoms with Gasteiger partial charge in [-0.3, -0.25) is 4.99 Å². The Hall–Kier alpha value is -0.790. The molecule has 0 aromatic carbocycles. The molecule has 54 valence electrons. The van der Waals surface area contributed by atoms with E-state index < -0.39 is 0 Å². The Morgan fingerprint density at radius 3 is 3.40 bits per heavy atom. The number of aliphatic imine (C=N–C) groups is 1. The lowest BCUT2D eigenvalue weighted by molar-refractivity contribution is 0.256. The van der Waals surface area contributed by atoms with E-state index in [4.69, 9.17) is 4.74 Å². The van der Waals surface area contributed by atoms with Crippen LogP contribution >= 0.6 is 0 Å². The molecule has 0 N–H and O–H groups in total. The normalized spacial score (nSPS) is 30.3. The Morgan fingerprint density at radius 1 is 1.70 bits per heavy atom. The van der Waals surface area contributed by atoms with Gasteiger partial charge in [-0.15, -0.1) is 0 Å². The van der Waals surface area contributed by atoms with Crippen LogP contribution in [-0.2, 0) is 4.74 Å². The lowest BCUT2D eigenvalue weighted by Crippen LogP contribution is -2.09. The quantitative estimate of drug-likeness (QED) is 0.494. The molecule has 2 aliphatic rings. The van der Waals surface area contributed by atoms with Crippen molar-refractivity contribution < 1.29 is 4.74 Å². The van der Waals surface area contributed by atoms with Crippen LogP contribution in [0.2, 0.25) is 0 Å². The fraction of sp³-hybridized carbons (Fsp3) is 0.625. The van der Waals surface area contributed by atoms with E-state index in [1.807, 2.05) is 6.21 Å². The van der Waals surface area contributed by atoms with Crippen molar-refractivity contribution in [3.8, 4) is 0 Å². The number of fused-ring (bicyclic) bond motifs is 1. The fourth-order valence-corrected chi connectivity index (χ4v) is 1.55. The van der Waals surface area contributed by atoms with Gasteiger partial charge in [-0.25, -0.2) is 0 Å².